The Labute approximate surface area is 143 Å². The van der Waals surface area contributed by atoms with Crippen molar-refractivity contribution in [1.29, 1.82) is 0 Å². The number of carbonyl (C=O) groups is 1. The van der Waals surface area contributed by atoms with Crippen LogP contribution in [0.3, 0.4) is 0 Å². The summed E-state index contributed by atoms with van der Waals surface area (Å²) in [6.45, 7) is 13.1. The Morgan fingerprint density at radius 2 is 1.91 bits per heavy atom. The summed E-state index contributed by atoms with van der Waals surface area (Å²) in [4.78, 5) is 14.1. The van der Waals surface area contributed by atoms with Crippen molar-refractivity contribution in [2.24, 2.45) is 5.92 Å². The second kappa shape index (κ2) is 10.2. The van der Waals surface area contributed by atoms with Gasteiger partial charge in [-0.25, -0.2) is 4.79 Å². The molecule has 0 spiro atoms. The number of carbonyl (C=O) groups excluding carboxylic acids is 1. The van der Waals surface area contributed by atoms with Gasteiger partial charge in [-0.05, 0) is 65.3 Å². The Morgan fingerprint density at radius 1 is 1.26 bits per heavy atom. The molecule has 1 heterocycles. The largest absolute Gasteiger partial charge is 0.444 e. The van der Waals surface area contributed by atoms with Crippen LogP contribution in [0.1, 0.15) is 79.6 Å². The van der Waals surface area contributed by atoms with Crippen molar-refractivity contribution in [3.63, 3.8) is 0 Å². The third-order valence-electron chi connectivity index (χ3n) is 4.43. The van der Waals surface area contributed by atoms with Gasteiger partial charge in [0.2, 0.25) is 0 Å². The van der Waals surface area contributed by atoms with E-state index in [1.165, 1.54) is 32.1 Å². The summed E-state index contributed by atoms with van der Waals surface area (Å²) in [5.74, 6) is 0.604. The van der Waals surface area contributed by atoms with Crippen molar-refractivity contribution in [3.8, 4) is 0 Å². The van der Waals surface area contributed by atoms with Gasteiger partial charge < -0.3 is 15.0 Å². The molecule has 23 heavy (non-hydrogen) atoms. The molecule has 1 amide bonds. The van der Waals surface area contributed by atoms with E-state index in [0.717, 1.165) is 32.5 Å². The summed E-state index contributed by atoms with van der Waals surface area (Å²) in [5.41, 5.74) is -0.404. The Hall–Kier alpha value is -0.770. The third-order valence-corrected chi connectivity index (χ3v) is 4.43. The molecule has 0 aromatic rings. The molecule has 0 radical (unpaired) electrons. The lowest BCUT2D eigenvalue weighted by Crippen LogP contribution is -2.43. The molecule has 0 aromatic carbocycles. The number of hydrogen-bond acceptors (Lipinski definition) is 3. The highest BCUT2D eigenvalue weighted by molar-refractivity contribution is 5.68. The maximum atomic E-state index is 12.2. The van der Waals surface area contributed by atoms with Crippen LogP contribution in [0.5, 0.6) is 0 Å². The number of nitrogens with one attached hydrogen (secondary N) is 1. The van der Waals surface area contributed by atoms with Gasteiger partial charge in [0.05, 0.1) is 0 Å². The molecule has 1 unspecified atom stereocenters. The van der Waals surface area contributed by atoms with Gasteiger partial charge in [-0.1, -0.05) is 26.7 Å². The second-order valence-corrected chi connectivity index (χ2v) is 7.95. The molecule has 0 aliphatic carbocycles. The Kier molecular flexibility index (Phi) is 8.96. The fourth-order valence-electron chi connectivity index (χ4n) is 3.33. The standard InChI is InChI=1S/C19H38N2O2/c1-6-9-17(10-7-2)20-13-12-16-11-8-14-21(15-16)18(22)23-19(3,4)5/h16-17,20H,6-15H2,1-5H3. The predicted molar refractivity (Wildman–Crippen MR) is 96.8 cm³/mol. The van der Waals surface area contributed by atoms with Crippen LogP contribution in [0.4, 0.5) is 4.79 Å². The average Bonchev–Trinajstić information content (AvgIpc) is 2.46. The lowest BCUT2D eigenvalue weighted by molar-refractivity contribution is 0.0161. The summed E-state index contributed by atoms with van der Waals surface area (Å²) >= 11 is 0. The van der Waals surface area contributed by atoms with Crippen LogP contribution in [0.15, 0.2) is 0 Å². The monoisotopic (exact) mass is 326 g/mol. The van der Waals surface area contributed by atoms with Crippen LogP contribution in [-0.4, -0.2) is 42.3 Å². The number of ether oxygens (including phenoxy) is 1. The van der Waals surface area contributed by atoms with E-state index < -0.39 is 5.60 Å². The molecule has 4 nitrogen and oxygen atoms in total. The van der Waals surface area contributed by atoms with E-state index in [1.807, 2.05) is 25.7 Å². The van der Waals surface area contributed by atoms with E-state index in [2.05, 4.69) is 19.2 Å². The maximum Gasteiger partial charge on any atom is 0.410 e. The number of piperidine rings is 1. The highest BCUT2D eigenvalue weighted by Gasteiger charge is 2.27. The Balaban J connectivity index is 2.33. The average molecular weight is 327 g/mol. The number of rotatable bonds is 8. The van der Waals surface area contributed by atoms with Crippen molar-refractivity contribution < 1.29 is 9.53 Å². The van der Waals surface area contributed by atoms with E-state index in [-0.39, 0.29) is 6.09 Å². The summed E-state index contributed by atoms with van der Waals surface area (Å²) < 4.78 is 5.50. The molecule has 0 aromatic heterocycles. The van der Waals surface area contributed by atoms with Crippen LogP contribution in [0, 0.1) is 5.92 Å². The van der Waals surface area contributed by atoms with E-state index in [4.69, 9.17) is 4.74 Å². The number of amides is 1. The number of hydrogen-bond donors (Lipinski definition) is 1. The van der Waals surface area contributed by atoms with Gasteiger partial charge >= 0.3 is 6.09 Å². The lowest BCUT2D eigenvalue weighted by Gasteiger charge is -2.34. The SMILES string of the molecule is CCCC(CCC)NCCC1CCCN(C(=O)OC(C)(C)C)C1. The van der Waals surface area contributed by atoms with Crippen LogP contribution >= 0.6 is 0 Å². The van der Waals surface area contributed by atoms with Crippen LogP contribution in [-0.2, 0) is 4.74 Å². The zero-order valence-corrected chi connectivity index (χ0v) is 16.0. The van der Waals surface area contributed by atoms with Crippen molar-refractivity contribution >= 4 is 6.09 Å². The minimum absolute atomic E-state index is 0.148. The first-order chi connectivity index (χ1) is 10.9. The minimum atomic E-state index is -0.404. The van der Waals surface area contributed by atoms with Gasteiger partial charge in [-0.15, -0.1) is 0 Å². The first kappa shape index (κ1) is 20.3. The van der Waals surface area contributed by atoms with Gasteiger partial charge in [0.25, 0.3) is 0 Å². The van der Waals surface area contributed by atoms with Gasteiger partial charge in [0.1, 0.15) is 5.60 Å². The number of nitrogens with zero attached hydrogens (tertiary/aromatic N) is 1. The molecule has 136 valence electrons. The first-order valence-corrected chi connectivity index (χ1v) is 9.57. The molecule has 0 saturated carbocycles. The highest BCUT2D eigenvalue weighted by atomic mass is 16.6. The first-order valence-electron chi connectivity index (χ1n) is 9.57. The summed E-state index contributed by atoms with van der Waals surface area (Å²) in [6.07, 6.45) is 8.35. The van der Waals surface area contributed by atoms with Crippen molar-refractivity contribution in [1.82, 2.24) is 10.2 Å². The van der Waals surface area contributed by atoms with Gasteiger partial charge in [0, 0.05) is 19.1 Å². The molecular formula is C19H38N2O2. The molecule has 1 fully saturated rings. The molecule has 0 bridgehead atoms. The zero-order valence-electron chi connectivity index (χ0n) is 16.0. The summed E-state index contributed by atoms with van der Waals surface area (Å²) in [6, 6.07) is 0.663. The fraction of sp³-hybridized carbons (Fsp3) is 0.947. The maximum absolute atomic E-state index is 12.2. The Morgan fingerprint density at radius 3 is 2.48 bits per heavy atom. The molecule has 1 aliphatic heterocycles. The normalized spacial score (nSPS) is 19.2. The smallest absolute Gasteiger partial charge is 0.410 e. The second-order valence-electron chi connectivity index (χ2n) is 7.95. The van der Waals surface area contributed by atoms with E-state index >= 15 is 0 Å². The predicted octanol–water partition coefficient (Wildman–Crippen LogP) is 4.58. The number of likely N-dealkylation sites (tertiary alicyclic amines) is 1. The summed E-state index contributed by atoms with van der Waals surface area (Å²) in [7, 11) is 0. The van der Waals surface area contributed by atoms with E-state index in [1.54, 1.807) is 0 Å². The lowest BCUT2D eigenvalue weighted by atomic mass is 9.94. The van der Waals surface area contributed by atoms with Crippen LogP contribution in [0.25, 0.3) is 0 Å². The Bertz CT molecular complexity index is 333. The highest BCUT2D eigenvalue weighted by Crippen LogP contribution is 2.21. The van der Waals surface area contributed by atoms with Crippen molar-refractivity contribution in [3.05, 3.63) is 0 Å². The fourth-order valence-corrected chi connectivity index (χ4v) is 3.33. The van der Waals surface area contributed by atoms with Crippen LogP contribution in [0.2, 0.25) is 0 Å². The van der Waals surface area contributed by atoms with Gasteiger partial charge in [-0.3, -0.25) is 0 Å². The van der Waals surface area contributed by atoms with Crippen molar-refractivity contribution in [2.75, 3.05) is 19.6 Å². The van der Waals surface area contributed by atoms with Gasteiger partial charge in [-0.2, -0.15) is 0 Å². The third kappa shape index (κ3) is 8.59. The van der Waals surface area contributed by atoms with E-state index in [9.17, 15) is 4.79 Å². The van der Waals surface area contributed by atoms with Crippen molar-refractivity contribution in [2.45, 2.75) is 91.2 Å². The topological polar surface area (TPSA) is 41.6 Å². The minimum Gasteiger partial charge on any atom is -0.444 e. The zero-order chi connectivity index (χ0) is 17.3. The molecule has 1 N–H and O–H groups in total. The molecule has 1 rings (SSSR count). The van der Waals surface area contributed by atoms with E-state index in [0.29, 0.717) is 12.0 Å². The van der Waals surface area contributed by atoms with Crippen LogP contribution < -0.4 is 5.32 Å². The molecule has 1 aliphatic rings. The molecule has 1 atom stereocenters. The molecule has 4 heteroatoms. The quantitative estimate of drug-likeness (QED) is 0.710. The molecular weight excluding hydrogens is 288 g/mol. The summed E-state index contributed by atoms with van der Waals surface area (Å²) in [5, 5.41) is 3.72. The van der Waals surface area contributed by atoms with Gasteiger partial charge in [0.15, 0.2) is 0 Å². The molecule has 1 saturated heterocycles.